The number of rotatable bonds is 10. The third kappa shape index (κ3) is 6.24. The molecule has 0 aromatic heterocycles. The highest BCUT2D eigenvalue weighted by Crippen LogP contribution is 2.34. The number of amides is 1. The monoisotopic (exact) mass is 506 g/mol. The fraction of sp³-hybridized carbons (Fsp3) is 0.250. The molecule has 3 aromatic rings. The molecule has 0 aliphatic carbocycles. The summed E-state index contributed by atoms with van der Waals surface area (Å²) in [5.74, 6) is -1.03. The maximum Gasteiger partial charge on any atom is 0.307 e. The van der Waals surface area contributed by atoms with Gasteiger partial charge >= 0.3 is 12.0 Å². The first-order valence-corrected chi connectivity index (χ1v) is 12.0. The summed E-state index contributed by atoms with van der Waals surface area (Å²) in [6.07, 6.45) is 2.81. The van der Waals surface area contributed by atoms with Gasteiger partial charge in [0.2, 0.25) is 0 Å². The Labute approximate surface area is 213 Å². The number of benzene rings is 3. The van der Waals surface area contributed by atoms with Crippen LogP contribution >= 0.6 is 0 Å². The third-order valence-corrected chi connectivity index (χ3v) is 5.44. The molecule has 1 saturated heterocycles. The summed E-state index contributed by atoms with van der Waals surface area (Å²) in [5.41, 5.74) is 0.845. The normalized spacial score (nSPS) is 15.2. The number of ether oxygens (including phenoxy) is 3. The lowest BCUT2D eigenvalue weighted by Crippen LogP contribution is -2.20. The van der Waals surface area contributed by atoms with E-state index in [1.807, 2.05) is 44.2 Å². The minimum atomic E-state index is -1.14. The van der Waals surface area contributed by atoms with Gasteiger partial charge in [0.1, 0.15) is 17.3 Å². The summed E-state index contributed by atoms with van der Waals surface area (Å²) in [5, 5.41) is 13.2. The average Bonchev–Trinajstić information content (AvgIpc) is 3.20. The third-order valence-electron chi connectivity index (χ3n) is 5.44. The number of nitrogens with one attached hydrogen (secondary N) is 1. The number of hydrogen-bond acceptors (Lipinski definition) is 6. The second-order valence-corrected chi connectivity index (χ2v) is 8.39. The number of carbonyl (C=O) groups excluding carboxylic acids is 1. The van der Waals surface area contributed by atoms with Crippen LogP contribution in [0.3, 0.4) is 0 Å². The van der Waals surface area contributed by atoms with Crippen LogP contribution < -0.4 is 14.8 Å². The van der Waals surface area contributed by atoms with Gasteiger partial charge < -0.3 is 19.3 Å². The van der Waals surface area contributed by atoms with Gasteiger partial charge in [-0.3, -0.25) is 14.9 Å². The van der Waals surface area contributed by atoms with E-state index < -0.39 is 24.1 Å². The van der Waals surface area contributed by atoms with E-state index in [2.05, 4.69) is 10.3 Å². The number of carboxylic acids is 1. The van der Waals surface area contributed by atoms with Gasteiger partial charge in [-0.05, 0) is 60.2 Å². The zero-order valence-corrected chi connectivity index (χ0v) is 20.5. The van der Waals surface area contributed by atoms with Crippen molar-refractivity contribution in [1.29, 1.82) is 0 Å². The number of hydrogen-bond donors (Lipinski definition) is 2. The quantitative estimate of drug-likeness (QED) is 0.359. The second-order valence-electron chi connectivity index (χ2n) is 8.39. The van der Waals surface area contributed by atoms with E-state index in [1.165, 1.54) is 12.1 Å². The molecule has 0 radical (unpaired) electrons. The molecule has 1 aliphatic heterocycles. The van der Waals surface area contributed by atoms with Crippen LogP contribution in [-0.2, 0) is 20.7 Å². The molecule has 2 N–H and O–H groups in total. The van der Waals surface area contributed by atoms with Gasteiger partial charge in [0.05, 0.1) is 25.3 Å². The average molecular weight is 507 g/mol. The molecular weight excluding hydrogens is 479 g/mol. The Hall–Kier alpha value is -4.40. The molecule has 192 valence electrons. The summed E-state index contributed by atoms with van der Waals surface area (Å²) in [6.45, 7) is 5.13. The smallest absolute Gasteiger partial charge is 0.307 e. The van der Waals surface area contributed by atoms with Crippen molar-refractivity contribution >= 4 is 40.4 Å². The molecule has 1 aliphatic rings. The molecule has 0 atom stereocenters. The van der Waals surface area contributed by atoms with Crippen LogP contribution in [0.2, 0.25) is 0 Å². The number of fused-ring (bicyclic) bond motifs is 1. The van der Waals surface area contributed by atoms with Gasteiger partial charge in [0.15, 0.2) is 5.76 Å². The van der Waals surface area contributed by atoms with Gasteiger partial charge in [-0.25, -0.2) is 4.39 Å². The van der Waals surface area contributed by atoms with Crippen LogP contribution in [0.15, 0.2) is 59.3 Å². The molecule has 0 spiro atoms. The molecule has 0 saturated carbocycles. The van der Waals surface area contributed by atoms with E-state index in [0.29, 0.717) is 24.5 Å². The number of amidine groups is 1. The summed E-state index contributed by atoms with van der Waals surface area (Å²) < 4.78 is 31.7. The molecule has 37 heavy (non-hydrogen) atoms. The van der Waals surface area contributed by atoms with Gasteiger partial charge in [-0.2, -0.15) is 4.99 Å². The van der Waals surface area contributed by atoms with Crippen LogP contribution in [-0.4, -0.2) is 36.2 Å². The lowest BCUT2D eigenvalue weighted by molar-refractivity contribution is -0.136. The van der Waals surface area contributed by atoms with Crippen molar-refractivity contribution in [2.24, 2.45) is 4.99 Å². The van der Waals surface area contributed by atoms with E-state index >= 15 is 0 Å². The first-order valence-electron chi connectivity index (χ1n) is 12.0. The van der Waals surface area contributed by atoms with E-state index in [9.17, 15) is 14.0 Å². The van der Waals surface area contributed by atoms with Crippen molar-refractivity contribution in [2.45, 2.75) is 33.1 Å². The van der Waals surface area contributed by atoms with Crippen LogP contribution in [0.1, 0.15) is 37.8 Å². The highest BCUT2D eigenvalue weighted by atomic mass is 19.1. The molecular formula is C28H27FN2O6. The summed E-state index contributed by atoms with van der Waals surface area (Å²) in [6, 6.07) is 13.3. The second kappa shape index (κ2) is 11.6. The molecule has 1 amide bonds. The minimum Gasteiger partial charge on any atom is -0.493 e. The molecule has 0 unspecified atom stereocenters. The molecule has 0 bridgehead atoms. The Balaban J connectivity index is 1.64. The topological polar surface area (TPSA) is 106 Å². The SMILES string of the molecule is CCCOc1cc2c(OCCC)cccc2cc1/C=C1/OC(=Nc2ccc(CC(=O)O)c(F)c2)NC1=O. The first kappa shape index (κ1) is 25.7. The van der Waals surface area contributed by atoms with Crippen molar-refractivity contribution in [3.05, 3.63) is 71.2 Å². The fourth-order valence-electron chi connectivity index (χ4n) is 3.73. The molecule has 1 fully saturated rings. The Morgan fingerprint density at radius 2 is 1.84 bits per heavy atom. The van der Waals surface area contributed by atoms with Crippen molar-refractivity contribution in [3.8, 4) is 11.5 Å². The Morgan fingerprint density at radius 3 is 2.54 bits per heavy atom. The summed E-state index contributed by atoms with van der Waals surface area (Å²) >= 11 is 0. The van der Waals surface area contributed by atoms with Crippen molar-refractivity contribution in [2.75, 3.05) is 13.2 Å². The molecule has 1 heterocycles. The van der Waals surface area contributed by atoms with Crippen LogP contribution in [0, 0.1) is 5.82 Å². The lowest BCUT2D eigenvalue weighted by Gasteiger charge is -2.13. The predicted octanol–water partition coefficient (Wildman–Crippen LogP) is 5.36. The summed E-state index contributed by atoms with van der Waals surface area (Å²) in [4.78, 5) is 27.6. The number of aliphatic carboxylic acids is 1. The largest absolute Gasteiger partial charge is 0.493 e. The Bertz CT molecular complexity index is 1400. The lowest BCUT2D eigenvalue weighted by atomic mass is 10.0. The number of halogens is 1. The molecule has 8 nitrogen and oxygen atoms in total. The van der Waals surface area contributed by atoms with E-state index in [1.54, 1.807) is 6.08 Å². The maximum atomic E-state index is 14.2. The first-order chi connectivity index (χ1) is 17.9. The highest BCUT2D eigenvalue weighted by molar-refractivity contribution is 6.12. The summed E-state index contributed by atoms with van der Waals surface area (Å²) in [7, 11) is 0. The Kier molecular flexibility index (Phi) is 8.02. The molecule has 9 heteroatoms. The highest BCUT2D eigenvalue weighted by Gasteiger charge is 2.26. The molecule has 3 aromatic carbocycles. The van der Waals surface area contributed by atoms with Crippen LogP contribution in [0.25, 0.3) is 16.8 Å². The predicted molar refractivity (Wildman–Crippen MR) is 138 cm³/mol. The standard InChI is InChI=1S/C28H27FN2O6/c1-3-10-35-23-7-5-6-17-12-19(24(16-21(17)23)36-11-4-2)13-25-27(34)31-28(37-25)30-20-9-8-18(14-26(32)33)22(29)15-20/h5-9,12-13,15-16H,3-4,10-11,14H2,1-2H3,(H,32,33)(H,30,31,34)/b25-13+. The maximum absolute atomic E-state index is 14.2. The van der Waals surface area contributed by atoms with Crippen molar-refractivity contribution < 1.29 is 33.3 Å². The zero-order valence-electron chi connectivity index (χ0n) is 20.5. The minimum absolute atomic E-state index is 0.000746. The Morgan fingerprint density at radius 1 is 1.08 bits per heavy atom. The number of carbonyl (C=O) groups is 2. The van der Waals surface area contributed by atoms with Gasteiger partial charge in [-0.1, -0.05) is 32.0 Å². The van der Waals surface area contributed by atoms with Crippen LogP contribution in [0.4, 0.5) is 10.1 Å². The van der Waals surface area contributed by atoms with Crippen LogP contribution in [0.5, 0.6) is 11.5 Å². The van der Waals surface area contributed by atoms with E-state index in [0.717, 1.165) is 35.4 Å². The van der Waals surface area contributed by atoms with E-state index in [4.69, 9.17) is 19.3 Å². The number of aliphatic imine (C=N–C) groups is 1. The fourth-order valence-corrected chi connectivity index (χ4v) is 3.73. The number of carboxylic acid groups (broad SMARTS) is 1. The van der Waals surface area contributed by atoms with Gasteiger partial charge in [0.25, 0.3) is 5.91 Å². The van der Waals surface area contributed by atoms with Crippen molar-refractivity contribution in [1.82, 2.24) is 5.32 Å². The van der Waals surface area contributed by atoms with Gasteiger partial charge in [0, 0.05) is 10.9 Å². The van der Waals surface area contributed by atoms with E-state index in [-0.39, 0.29) is 23.0 Å². The van der Waals surface area contributed by atoms with Crippen molar-refractivity contribution in [3.63, 3.8) is 0 Å². The zero-order chi connectivity index (χ0) is 26.4. The van der Waals surface area contributed by atoms with Gasteiger partial charge in [-0.15, -0.1) is 0 Å². The number of nitrogens with zero attached hydrogens (tertiary/aromatic N) is 1. The molecule has 4 rings (SSSR count).